The molecule has 2 rings (SSSR count). The zero-order valence-corrected chi connectivity index (χ0v) is 11.7. The number of nitrogens with one attached hydrogen (secondary N) is 1. The molecule has 0 saturated carbocycles. The second kappa shape index (κ2) is 4.25. The van der Waals surface area contributed by atoms with E-state index in [1.807, 2.05) is 0 Å². The van der Waals surface area contributed by atoms with Crippen molar-refractivity contribution in [1.29, 1.82) is 0 Å². The molecule has 1 N–H and O–H groups in total. The Morgan fingerprint density at radius 1 is 1.35 bits per heavy atom. The predicted octanol–water partition coefficient (Wildman–Crippen LogP) is 3.62. The molecule has 0 aliphatic carbocycles. The number of likely N-dealkylation sites (N-methyl/N-ethyl adjacent to an activating group) is 1. The number of hydrogen-bond donors (Lipinski definition) is 1. The van der Waals surface area contributed by atoms with Gasteiger partial charge in [-0.05, 0) is 29.5 Å². The van der Waals surface area contributed by atoms with E-state index >= 15 is 0 Å². The van der Waals surface area contributed by atoms with Crippen LogP contribution < -0.4 is 10.2 Å². The Morgan fingerprint density at radius 2 is 2.06 bits per heavy atom. The van der Waals surface area contributed by atoms with Crippen LogP contribution in [-0.4, -0.2) is 19.6 Å². The van der Waals surface area contributed by atoms with Crippen molar-refractivity contribution in [3.63, 3.8) is 0 Å². The fraction of sp³-hybridized carbons (Fsp3) is 0.600. The van der Waals surface area contributed by atoms with Crippen LogP contribution >= 0.6 is 0 Å². The summed E-state index contributed by atoms with van der Waals surface area (Å²) in [4.78, 5) is 2.37. The monoisotopic (exact) mass is 232 g/mol. The van der Waals surface area contributed by atoms with Crippen molar-refractivity contribution in [3.8, 4) is 0 Å². The Morgan fingerprint density at radius 3 is 2.65 bits per heavy atom. The molecule has 0 spiro atoms. The van der Waals surface area contributed by atoms with Crippen LogP contribution in [0, 0.1) is 0 Å². The fourth-order valence-corrected chi connectivity index (χ4v) is 2.36. The van der Waals surface area contributed by atoms with E-state index in [9.17, 15) is 0 Å². The molecule has 2 heteroatoms. The quantitative estimate of drug-likeness (QED) is 0.795. The fourth-order valence-electron chi connectivity index (χ4n) is 2.36. The zero-order valence-electron chi connectivity index (χ0n) is 11.7. The molecule has 1 aliphatic rings. The van der Waals surface area contributed by atoms with E-state index in [2.05, 4.69) is 63.2 Å². The van der Waals surface area contributed by atoms with Gasteiger partial charge in [0.2, 0.25) is 0 Å². The molecule has 0 amide bonds. The molecule has 94 valence electrons. The van der Waals surface area contributed by atoms with Gasteiger partial charge in [-0.2, -0.15) is 0 Å². The molecule has 1 aliphatic heterocycles. The standard InChI is InChI=1S/C15H24N2/c1-6-12-10-17(5)14-9-11(15(2,3)4)7-8-13(14)16-12/h7-9,12,16H,6,10H2,1-5H3. The Labute approximate surface area is 105 Å². The second-order valence-electron chi connectivity index (χ2n) is 6.11. The van der Waals surface area contributed by atoms with Crippen LogP contribution in [0.1, 0.15) is 39.7 Å². The van der Waals surface area contributed by atoms with Gasteiger partial charge >= 0.3 is 0 Å². The first-order valence-corrected chi connectivity index (χ1v) is 6.54. The highest BCUT2D eigenvalue weighted by Crippen LogP contribution is 2.34. The van der Waals surface area contributed by atoms with Crippen LogP contribution in [0.25, 0.3) is 0 Å². The van der Waals surface area contributed by atoms with Crippen molar-refractivity contribution >= 4 is 11.4 Å². The van der Waals surface area contributed by atoms with Gasteiger partial charge in [-0.1, -0.05) is 33.8 Å². The molecule has 0 radical (unpaired) electrons. The molecular formula is C15H24N2. The summed E-state index contributed by atoms with van der Waals surface area (Å²) in [7, 11) is 2.19. The molecule has 0 bridgehead atoms. The average molecular weight is 232 g/mol. The third-order valence-electron chi connectivity index (χ3n) is 3.62. The van der Waals surface area contributed by atoms with E-state index in [-0.39, 0.29) is 5.41 Å². The van der Waals surface area contributed by atoms with Gasteiger partial charge in [-0.25, -0.2) is 0 Å². The van der Waals surface area contributed by atoms with Gasteiger partial charge in [0.15, 0.2) is 0 Å². The normalized spacial score (nSPS) is 19.8. The van der Waals surface area contributed by atoms with Crippen LogP contribution in [0.3, 0.4) is 0 Å². The average Bonchev–Trinajstić information content (AvgIpc) is 2.27. The lowest BCUT2D eigenvalue weighted by Gasteiger charge is -2.35. The summed E-state index contributed by atoms with van der Waals surface area (Å²) in [6.07, 6.45) is 1.17. The van der Waals surface area contributed by atoms with Crippen LogP contribution in [-0.2, 0) is 5.41 Å². The lowest BCUT2D eigenvalue weighted by atomic mass is 9.86. The van der Waals surface area contributed by atoms with Gasteiger partial charge in [0.25, 0.3) is 0 Å². The van der Waals surface area contributed by atoms with E-state index in [1.165, 1.54) is 23.4 Å². The highest BCUT2D eigenvalue weighted by atomic mass is 15.2. The third kappa shape index (κ3) is 2.41. The predicted molar refractivity (Wildman–Crippen MR) is 76.1 cm³/mol. The maximum absolute atomic E-state index is 3.61. The molecular weight excluding hydrogens is 208 g/mol. The maximum Gasteiger partial charge on any atom is 0.0603 e. The Balaban J connectivity index is 2.37. The lowest BCUT2D eigenvalue weighted by molar-refractivity contribution is 0.588. The van der Waals surface area contributed by atoms with E-state index in [4.69, 9.17) is 0 Å². The minimum atomic E-state index is 0.220. The third-order valence-corrected chi connectivity index (χ3v) is 3.62. The molecule has 1 heterocycles. The molecule has 1 aromatic carbocycles. The number of nitrogens with zero attached hydrogens (tertiary/aromatic N) is 1. The summed E-state index contributed by atoms with van der Waals surface area (Å²) in [6.45, 7) is 10.1. The molecule has 1 unspecified atom stereocenters. The first-order chi connectivity index (χ1) is 7.91. The molecule has 2 nitrogen and oxygen atoms in total. The summed E-state index contributed by atoms with van der Waals surface area (Å²) in [6, 6.07) is 7.38. The van der Waals surface area contributed by atoms with E-state index in [0.717, 1.165) is 6.54 Å². The van der Waals surface area contributed by atoms with Crippen LogP contribution in [0.15, 0.2) is 18.2 Å². The molecule has 0 fully saturated rings. The summed E-state index contributed by atoms with van der Waals surface area (Å²) in [5.41, 5.74) is 4.23. The van der Waals surface area contributed by atoms with E-state index in [0.29, 0.717) is 6.04 Å². The summed E-state index contributed by atoms with van der Waals surface area (Å²) < 4.78 is 0. The number of benzene rings is 1. The summed E-state index contributed by atoms with van der Waals surface area (Å²) in [5, 5.41) is 3.61. The largest absolute Gasteiger partial charge is 0.379 e. The zero-order chi connectivity index (χ0) is 12.6. The molecule has 0 aromatic heterocycles. The van der Waals surface area contributed by atoms with Crippen molar-refractivity contribution in [1.82, 2.24) is 0 Å². The number of anilines is 2. The topological polar surface area (TPSA) is 15.3 Å². The van der Waals surface area contributed by atoms with Crippen molar-refractivity contribution in [2.24, 2.45) is 0 Å². The highest BCUT2D eigenvalue weighted by molar-refractivity contribution is 5.73. The van der Waals surface area contributed by atoms with Crippen molar-refractivity contribution in [2.45, 2.75) is 45.6 Å². The first-order valence-electron chi connectivity index (χ1n) is 6.54. The van der Waals surface area contributed by atoms with Crippen LogP contribution in [0.4, 0.5) is 11.4 Å². The number of rotatable bonds is 1. The number of fused-ring (bicyclic) bond motifs is 1. The van der Waals surface area contributed by atoms with Gasteiger partial charge in [-0.15, -0.1) is 0 Å². The smallest absolute Gasteiger partial charge is 0.0603 e. The van der Waals surface area contributed by atoms with Gasteiger partial charge < -0.3 is 10.2 Å². The summed E-state index contributed by atoms with van der Waals surface area (Å²) in [5.74, 6) is 0. The molecule has 0 saturated heterocycles. The molecule has 17 heavy (non-hydrogen) atoms. The minimum absolute atomic E-state index is 0.220. The van der Waals surface area contributed by atoms with Gasteiger partial charge in [0, 0.05) is 19.6 Å². The Kier molecular flexibility index (Phi) is 3.07. The van der Waals surface area contributed by atoms with Gasteiger partial charge in [0.05, 0.1) is 11.4 Å². The Hall–Kier alpha value is -1.18. The number of hydrogen-bond acceptors (Lipinski definition) is 2. The SMILES string of the molecule is CCC1CN(C)c2cc(C(C)(C)C)ccc2N1. The van der Waals surface area contributed by atoms with Gasteiger partial charge in [-0.3, -0.25) is 0 Å². The lowest BCUT2D eigenvalue weighted by Crippen LogP contribution is -2.39. The first kappa shape index (κ1) is 12.3. The van der Waals surface area contributed by atoms with Crippen molar-refractivity contribution in [3.05, 3.63) is 23.8 Å². The van der Waals surface area contributed by atoms with Crippen molar-refractivity contribution in [2.75, 3.05) is 23.8 Å². The Bertz CT molecular complexity index is 404. The second-order valence-corrected chi connectivity index (χ2v) is 6.11. The van der Waals surface area contributed by atoms with Crippen LogP contribution in [0.2, 0.25) is 0 Å². The van der Waals surface area contributed by atoms with E-state index in [1.54, 1.807) is 0 Å². The van der Waals surface area contributed by atoms with Crippen molar-refractivity contribution < 1.29 is 0 Å². The minimum Gasteiger partial charge on any atom is -0.379 e. The summed E-state index contributed by atoms with van der Waals surface area (Å²) >= 11 is 0. The maximum atomic E-state index is 3.61. The highest BCUT2D eigenvalue weighted by Gasteiger charge is 2.22. The molecule has 1 aromatic rings. The molecule has 1 atom stereocenters. The van der Waals surface area contributed by atoms with Crippen LogP contribution in [0.5, 0.6) is 0 Å². The van der Waals surface area contributed by atoms with Gasteiger partial charge in [0.1, 0.15) is 0 Å². The van der Waals surface area contributed by atoms with E-state index < -0.39 is 0 Å².